The quantitative estimate of drug-likeness (QED) is 0.787. The number of nitrogens with one attached hydrogen (secondary N) is 1. The number of aromatic nitrogens is 2. The van der Waals surface area contributed by atoms with Crippen LogP contribution in [0.3, 0.4) is 0 Å². The zero-order valence-electron chi connectivity index (χ0n) is 10.7. The van der Waals surface area contributed by atoms with Crippen molar-refractivity contribution in [2.45, 2.75) is 0 Å². The minimum Gasteiger partial charge on any atom is -0.322 e. The van der Waals surface area contributed by atoms with Crippen LogP contribution in [0.15, 0.2) is 48.8 Å². The van der Waals surface area contributed by atoms with E-state index in [9.17, 15) is 13.6 Å². The number of rotatable bonds is 2. The first kappa shape index (κ1) is 13.1. The molecule has 21 heavy (non-hydrogen) atoms. The minimum atomic E-state index is -0.909. The van der Waals surface area contributed by atoms with Crippen LogP contribution in [-0.2, 0) is 0 Å². The molecule has 0 aliphatic rings. The molecule has 3 rings (SSSR count). The first-order chi connectivity index (χ1) is 10.1. The molecule has 1 N–H and O–H groups in total. The molecular weight excluding hydrogens is 276 g/mol. The van der Waals surface area contributed by atoms with Crippen molar-refractivity contribution in [2.24, 2.45) is 0 Å². The average Bonchev–Trinajstić information content (AvgIpc) is 2.47. The van der Waals surface area contributed by atoms with Crippen molar-refractivity contribution >= 4 is 22.6 Å². The maximum atomic E-state index is 13.5. The maximum Gasteiger partial charge on any atom is 0.258 e. The monoisotopic (exact) mass is 285 g/mol. The molecule has 0 radical (unpaired) electrons. The third-order valence-electron chi connectivity index (χ3n) is 2.90. The summed E-state index contributed by atoms with van der Waals surface area (Å²) in [5.41, 5.74) is 1.52. The number of benzene rings is 2. The Balaban J connectivity index is 1.89. The van der Waals surface area contributed by atoms with Crippen LogP contribution in [0.25, 0.3) is 11.0 Å². The Hall–Kier alpha value is -2.89. The van der Waals surface area contributed by atoms with Crippen LogP contribution >= 0.6 is 0 Å². The van der Waals surface area contributed by atoms with Crippen LogP contribution in [0.4, 0.5) is 14.5 Å². The number of halogens is 2. The number of nitrogens with zero attached hydrogens (tertiary/aromatic N) is 2. The molecule has 1 heterocycles. The summed E-state index contributed by atoms with van der Waals surface area (Å²) in [4.78, 5) is 20.2. The van der Waals surface area contributed by atoms with Crippen molar-refractivity contribution in [3.63, 3.8) is 0 Å². The first-order valence-electron chi connectivity index (χ1n) is 6.11. The molecule has 0 saturated heterocycles. The van der Waals surface area contributed by atoms with Crippen LogP contribution in [0.1, 0.15) is 10.4 Å². The van der Waals surface area contributed by atoms with Crippen molar-refractivity contribution in [3.8, 4) is 0 Å². The molecule has 6 heteroatoms. The molecule has 1 aromatic heterocycles. The number of hydrogen-bond acceptors (Lipinski definition) is 3. The molecule has 3 aromatic rings. The van der Waals surface area contributed by atoms with Crippen molar-refractivity contribution in [3.05, 3.63) is 66.0 Å². The number of amides is 1. The van der Waals surface area contributed by atoms with Gasteiger partial charge in [-0.2, -0.15) is 0 Å². The Labute approximate surface area is 118 Å². The molecule has 0 saturated carbocycles. The number of hydrogen-bond donors (Lipinski definition) is 1. The molecule has 2 aromatic carbocycles. The molecule has 1 amide bonds. The second-order valence-electron chi connectivity index (χ2n) is 4.34. The fourth-order valence-electron chi connectivity index (χ4n) is 1.91. The number of anilines is 1. The normalized spacial score (nSPS) is 10.6. The van der Waals surface area contributed by atoms with Crippen LogP contribution in [0.5, 0.6) is 0 Å². The molecule has 0 atom stereocenters. The Morgan fingerprint density at radius 3 is 2.48 bits per heavy atom. The molecule has 0 aliphatic heterocycles. The van der Waals surface area contributed by atoms with Crippen molar-refractivity contribution in [2.75, 3.05) is 5.32 Å². The van der Waals surface area contributed by atoms with Gasteiger partial charge in [0.15, 0.2) is 0 Å². The van der Waals surface area contributed by atoms with E-state index in [4.69, 9.17) is 0 Å². The first-order valence-corrected chi connectivity index (χ1v) is 6.11. The Kier molecular flexibility index (Phi) is 3.27. The zero-order chi connectivity index (χ0) is 14.8. The standard InChI is InChI=1S/C15H9F2N3O/c16-9-1-3-11(12(17)7-9)15(21)20-10-2-4-13-14(8-10)19-6-5-18-13/h1-8H,(H,20,21). The average molecular weight is 285 g/mol. The van der Waals surface area contributed by atoms with E-state index in [-0.39, 0.29) is 5.56 Å². The van der Waals surface area contributed by atoms with E-state index < -0.39 is 17.5 Å². The zero-order valence-corrected chi connectivity index (χ0v) is 10.7. The molecule has 4 nitrogen and oxygen atoms in total. The Morgan fingerprint density at radius 2 is 1.71 bits per heavy atom. The second-order valence-corrected chi connectivity index (χ2v) is 4.34. The predicted molar refractivity (Wildman–Crippen MR) is 73.8 cm³/mol. The molecule has 104 valence electrons. The van der Waals surface area contributed by atoms with E-state index in [1.165, 1.54) is 6.20 Å². The fraction of sp³-hybridized carbons (Fsp3) is 0. The van der Waals surface area contributed by atoms with Gasteiger partial charge in [-0.1, -0.05) is 0 Å². The van der Waals surface area contributed by atoms with Gasteiger partial charge in [0.25, 0.3) is 5.91 Å². The lowest BCUT2D eigenvalue weighted by atomic mass is 10.2. The summed E-state index contributed by atoms with van der Waals surface area (Å²) >= 11 is 0. The smallest absolute Gasteiger partial charge is 0.258 e. The van der Waals surface area contributed by atoms with E-state index in [0.29, 0.717) is 22.8 Å². The van der Waals surface area contributed by atoms with Gasteiger partial charge in [-0.15, -0.1) is 0 Å². The van der Waals surface area contributed by atoms with Gasteiger partial charge in [0.2, 0.25) is 0 Å². The van der Waals surface area contributed by atoms with Gasteiger partial charge < -0.3 is 5.32 Å². The van der Waals surface area contributed by atoms with E-state index >= 15 is 0 Å². The highest BCUT2D eigenvalue weighted by Crippen LogP contribution is 2.17. The van der Waals surface area contributed by atoms with Gasteiger partial charge >= 0.3 is 0 Å². The third-order valence-corrected chi connectivity index (χ3v) is 2.90. The molecule has 0 fully saturated rings. The van der Waals surface area contributed by atoms with E-state index in [0.717, 1.165) is 12.1 Å². The summed E-state index contributed by atoms with van der Waals surface area (Å²) in [5.74, 6) is -2.30. The van der Waals surface area contributed by atoms with Crippen molar-refractivity contribution in [1.29, 1.82) is 0 Å². The minimum absolute atomic E-state index is 0.226. The highest BCUT2D eigenvalue weighted by molar-refractivity contribution is 6.05. The highest BCUT2D eigenvalue weighted by atomic mass is 19.1. The van der Waals surface area contributed by atoms with Gasteiger partial charge in [0.05, 0.1) is 16.6 Å². The van der Waals surface area contributed by atoms with E-state index in [2.05, 4.69) is 15.3 Å². The van der Waals surface area contributed by atoms with Crippen LogP contribution < -0.4 is 5.32 Å². The summed E-state index contributed by atoms with van der Waals surface area (Å²) in [7, 11) is 0. The van der Waals surface area contributed by atoms with Gasteiger partial charge in [0, 0.05) is 24.1 Å². The predicted octanol–water partition coefficient (Wildman–Crippen LogP) is 3.16. The summed E-state index contributed by atoms with van der Waals surface area (Å²) in [6, 6.07) is 7.75. The van der Waals surface area contributed by atoms with Crippen molar-refractivity contribution < 1.29 is 13.6 Å². The fourth-order valence-corrected chi connectivity index (χ4v) is 1.91. The lowest BCUT2D eigenvalue weighted by molar-refractivity contribution is 0.102. The highest BCUT2D eigenvalue weighted by Gasteiger charge is 2.13. The maximum absolute atomic E-state index is 13.5. The molecule has 0 spiro atoms. The van der Waals surface area contributed by atoms with E-state index in [1.54, 1.807) is 24.4 Å². The molecule has 0 bridgehead atoms. The molecular formula is C15H9F2N3O. The van der Waals surface area contributed by atoms with Crippen molar-refractivity contribution in [1.82, 2.24) is 9.97 Å². The number of fused-ring (bicyclic) bond motifs is 1. The lowest BCUT2D eigenvalue weighted by Gasteiger charge is -2.07. The second kappa shape index (κ2) is 5.24. The summed E-state index contributed by atoms with van der Waals surface area (Å²) in [6.07, 6.45) is 3.10. The van der Waals surface area contributed by atoms with Gasteiger partial charge in [-0.05, 0) is 30.3 Å². The SMILES string of the molecule is O=C(Nc1ccc2nccnc2c1)c1ccc(F)cc1F. The Bertz CT molecular complexity index is 836. The Morgan fingerprint density at radius 1 is 0.952 bits per heavy atom. The third kappa shape index (κ3) is 2.69. The van der Waals surface area contributed by atoms with Crippen LogP contribution in [-0.4, -0.2) is 15.9 Å². The number of carbonyl (C=O) groups is 1. The summed E-state index contributed by atoms with van der Waals surface area (Å²) in [5, 5.41) is 2.54. The topological polar surface area (TPSA) is 54.9 Å². The van der Waals surface area contributed by atoms with Crippen LogP contribution in [0, 0.1) is 11.6 Å². The number of carbonyl (C=O) groups excluding carboxylic acids is 1. The van der Waals surface area contributed by atoms with Gasteiger partial charge in [0.1, 0.15) is 11.6 Å². The summed E-state index contributed by atoms with van der Waals surface area (Å²) in [6.45, 7) is 0. The molecule has 0 aliphatic carbocycles. The van der Waals surface area contributed by atoms with Gasteiger partial charge in [-0.3, -0.25) is 14.8 Å². The molecule has 0 unspecified atom stereocenters. The largest absolute Gasteiger partial charge is 0.322 e. The summed E-state index contributed by atoms with van der Waals surface area (Å²) < 4.78 is 26.4. The van der Waals surface area contributed by atoms with Gasteiger partial charge in [-0.25, -0.2) is 8.78 Å². The van der Waals surface area contributed by atoms with E-state index in [1.807, 2.05) is 0 Å². The lowest BCUT2D eigenvalue weighted by Crippen LogP contribution is -2.13. The van der Waals surface area contributed by atoms with Crippen LogP contribution in [0.2, 0.25) is 0 Å².